The van der Waals surface area contributed by atoms with Crippen LogP contribution in [0.2, 0.25) is 0 Å². The van der Waals surface area contributed by atoms with Crippen molar-refractivity contribution in [3.05, 3.63) is 0 Å². The molecule has 0 radical (unpaired) electrons. The second-order valence-corrected chi connectivity index (χ2v) is 6.57. The molecule has 0 spiro atoms. The van der Waals surface area contributed by atoms with Crippen molar-refractivity contribution in [3.63, 3.8) is 0 Å². The van der Waals surface area contributed by atoms with Crippen LogP contribution < -0.4 is 0 Å². The number of Topliss-reactive ketones (excluding diaryl/α,β-unsaturated/α-hetero) is 1. The Kier molecular flexibility index (Phi) is 2.65. The van der Waals surface area contributed by atoms with E-state index < -0.39 is 11.7 Å². The molecule has 0 saturated carbocycles. The zero-order valence-corrected chi connectivity index (χ0v) is 10.7. The summed E-state index contributed by atoms with van der Waals surface area (Å²) in [6, 6.07) is 0. The van der Waals surface area contributed by atoms with E-state index in [1.165, 1.54) is 0 Å². The molecule has 0 aliphatic carbocycles. The highest BCUT2D eigenvalue weighted by Crippen LogP contribution is 2.49. The highest BCUT2D eigenvalue weighted by atomic mass is 19.1. The number of halogens is 1. The van der Waals surface area contributed by atoms with E-state index in [1.807, 2.05) is 13.8 Å². The molecule has 0 aromatic carbocycles. The number of hydrogen-bond acceptors (Lipinski definition) is 2. The second-order valence-electron chi connectivity index (χ2n) is 6.57. The average molecular weight is 227 g/mol. The first kappa shape index (κ1) is 12.0. The summed E-state index contributed by atoms with van der Waals surface area (Å²) in [4.78, 5) is 14.5. The Balaban J connectivity index is 2.31. The second kappa shape index (κ2) is 3.52. The van der Waals surface area contributed by atoms with Gasteiger partial charge in [0.25, 0.3) is 0 Å². The maximum absolute atomic E-state index is 13.6. The number of rotatable bonds is 2. The first-order valence-electron chi connectivity index (χ1n) is 6.20. The summed E-state index contributed by atoms with van der Waals surface area (Å²) >= 11 is 0. The predicted molar refractivity (Wildman–Crippen MR) is 62.1 cm³/mol. The van der Waals surface area contributed by atoms with Crippen molar-refractivity contribution in [1.29, 1.82) is 0 Å². The van der Waals surface area contributed by atoms with E-state index in [-0.39, 0.29) is 17.1 Å². The third-order valence-electron chi connectivity index (χ3n) is 3.96. The Morgan fingerprint density at radius 1 is 1.44 bits per heavy atom. The molecule has 2 aliphatic rings. The highest BCUT2D eigenvalue weighted by Gasteiger charge is 2.58. The van der Waals surface area contributed by atoms with Gasteiger partial charge in [-0.25, -0.2) is 4.39 Å². The van der Waals surface area contributed by atoms with Crippen LogP contribution in [0, 0.1) is 11.3 Å². The van der Waals surface area contributed by atoms with Crippen molar-refractivity contribution in [2.24, 2.45) is 11.3 Å². The molecule has 2 atom stereocenters. The molecule has 2 rings (SSSR count). The van der Waals surface area contributed by atoms with E-state index in [1.54, 1.807) is 0 Å². The molecule has 0 aromatic heterocycles. The van der Waals surface area contributed by atoms with Gasteiger partial charge in [-0.3, -0.25) is 9.69 Å². The fraction of sp³-hybridized carbons (Fsp3) is 0.923. The number of fused-ring (bicyclic) bond motifs is 1. The summed E-state index contributed by atoms with van der Waals surface area (Å²) in [5, 5.41) is 0. The number of carbonyl (C=O) groups is 1. The van der Waals surface area contributed by atoms with E-state index in [2.05, 4.69) is 18.7 Å². The lowest BCUT2D eigenvalue weighted by Gasteiger charge is -2.31. The summed E-state index contributed by atoms with van der Waals surface area (Å²) < 4.78 is 13.6. The van der Waals surface area contributed by atoms with Gasteiger partial charge in [0.15, 0.2) is 5.78 Å². The molecule has 2 fully saturated rings. The van der Waals surface area contributed by atoms with E-state index in [0.29, 0.717) is 13.0 Å². The van der Waals surface area contributed by atoms with Gasteiger partial charge in [-0.1, -0.05) is 27.7 Å². The number of ketones is 1. The van der Waals surface area contributed by atoms with E-state index >= 15 is 0 Å². The van der Waals surface area contributed by atoms with Gasteiger partial charge >= 0.3 is 0 Å². The van der Waals surface area contributed by atoms with Crippen molar-refractivity contribution >= 4 is 5.78 Å². The Bertz CT molecular complexity index is 313. The molecule has 2 heterocycles. The number of carbonyl (C=O) groups excluding carboxylic acids is 1. The Hall–Kier alpha value is -0.440. The normalized spacial score (nSPS) is 38.0. The van der Waals surface area contributed by atoms with Crippen molar-refractivity contribution in [2.45, 2.75) is 52.2 Å². The number of hydrogen-bond donors (Lipinski definition) is 0. The fourth-order valence-corrected chi connectivity index (χ4v) is 3.62. The lowest BCUT2D eigenvalue weighted by atomic mass is 9.77. The number of alkyl halides is 1. The average Bonchev–Trinajstić information content (AvgIpc) is 2.51. The minimum atomic E-state index is -0.821. The van der Waals surface area contributed by atoms with Crippen molar-refractivity contribution in [1.82, 2.24) is 4.90 Å². The van der Waals surface area contributed by atoms with Crippen molar-refractivity contribution in [3.8, 4) is 0 Å². The molecule has 0 N–H and O–H groups in total. The number of nitrogens with zero attached hydrogens (tertiary/aromatic N) is 1. The molecule has 3 heteroatoms. The monoisotopic (exact) mass is 227 g/mol. The van der Waals surface area contributed by atoms with Crippen molar-refractivity contribution < 1.29 is 9.18 Å². The molecule has 2 nitrogen and oxygen atoms in total. The van der Waals surface area contributed by atoms with Crippen LogP contribution >= 0.6 is 0 Å². The summed E-state index contributed by atoms with van der Waals surface area (Å²) in [7, 11) is 0. The van der Waals surface area contributed by atoms with Crippen LogP contribution in [0.1, 0.15) is 40.5 Å². The van der Waals surface area contributed by atoms with Gasteiger partial charge < -0.3 is 0 Å². The molecular weight excluding hydrogens is 205 g/mol. The fourth-order valence-electron chi connectivity index (χ4n) is 3.62. The van der Waals surface area contributed by atoms with Crippen LogP contribution in [0.4, 0.5) is 4.39 Å². The minimum absolute atomic E-state index is 0.00157. The standard InChI is InChI=1S/C13H22FNO/c1-9(2)11(16)13-5-10(14)6-15(13)8-12(3,4)7-13/h9-10H,5-8H2,1-4H3/t10-,13-/m1/s1. The molecule has 92 valence electrons. The molecule has 2 aliphatic heterocycles. The quantitative estimate of drug-likeness (QED) is 0.722. The van der Waals surface area contributed by atoms with E-state index in [0.717, 1.165) is 13.0 Å². The van der Waals surface area contributed by atoms with Gasteiger partial charge in [-0.05, 0) is 11.8 Å². The van der Waals surface area contributed by atoms with Gasteiger partial charge in [-0.2, -0.15) is 0 Å². The van der Waals surface area contributed by atoms with Crippen LogP contribution in [0.15, 0.2) is 0 Å². The summed E-state index contributed by atoms with van der Waals surface area (Å²) in [5.41, 5.74) is -0.345. The first-order valence-corrected chi connectivity index (χ1v) is 6.20. The van der Waals surface area contributed by atoms with Gasteiger partial charge in [0, 0.05) is 25.4 Å². The molecule has 0 aromatic rings. The smallest absolute Gasteiger partial charge is 0.155 e. The summed E-state index contributed by atoms with van der Waals surface area (Å²) in [6.45, 7) is 9.49. The van der Waals surface area contributed by atoms with Gasteiger partial charge in [0.1, 0.15) is 6.17 Å². The molecular formula is C13H22FNO. The predicted octanol–water partition coefficient (Wildman–Crippen LogP) is 2.42. The van der Waals surface area contributed by atoms with Gasteiger partial charge in [0.2, 0.25) is 0 Å². The molecule has 0 unspecified atom stereocenters. The molecule has 0 amide bonds. The van der Waals surface area contributed by atoms with Crippen LogP contribution in [0.25, 0.3) is 0 Å². The van der Waals surface area contributed by atoms with Gasteiger partial charge in [0.05, 0.1) is 5.54 Å². The van der Waals surface area contributed by atoms with E-state index in [9.17, 15) is 9.18 Å². The maximum Gasteiger partial charge on any atom is 0.155 e. The maximum atomic E-state index is 13.6. The van der Waals surface area contributed by atoms with Gasteiger partial charge in [-0.15, -0.1) is 0 Å². The summed E-state index contributed by atoms with van der Waals surface area (Å²) in [5.74, 6) is 0.236. The van der Waals surface area contributed by atoms with Crippen molar-refractivity contribution in [2.75, 3.05) is 13.1 Å². The Morgan fingerprint density at radius 2 is 2.06 bits per heavy atom. The third-order valence-corrected chi connectivity index (χ3v) is 3.96. The van der Waals surface area contributed by atoms with Crippen LogP contribution in [0.3, 0.4) is 0 Å². The lowest BCUT2D eigenvalue weighted by Crippen LogP contribution is -2.47. The summed E-state index contributed by atoms with van der Waals surface area (Å²) in [6.07, 6.45) is 0.407. The Morgan fingerprint density at radius 3 is 2.62 bits per heavy atom. The highest BCUT2D eigenvalue weighted by molar-refractivity contribution is 5.91. The zero-order chi connectivity index (χ0) is 12.1. The SMILES string of the molecule is CC(C)C(=O)[C@]12C[C@@H](F)CN1CC(C)(C)C2. The molecule has 16 heavy (non-hydrogen) atoms. The third kappa shape index (κ3) is 1.69. The lowest BCUT2D eigenvalue weighted by molar-refractivity contribution is -0.131. The van der Waals surface area contributed by atoms with Crippen LogP contribution in [-0.4, -0.2) is 35.5 Å². The zero-order valence-electron chi connectivity index (χ0n) is 10.7. The van der Waals surface area contributed by atoms with Crippen LogP contribution in [0.5, 0.6) is 0 Å². The topological polar surface area (TPSA) is 20.3 Å². The van der Waals surface area contributed by atoms with Crippen LogP contribution in [-0.2, 0) is 4.79 Å². The molecule has 0 bridgehead atoms. The minimum Gasteiger partial charge on any atom is -0.297 e. The molecule has 2 saturated heterocycles. The first-order chi connectivity index (χ1) is 7.27. The Labute approximate surface area is 97.2 Å². The van der Waals surface area contributed by atoms with E-state index in [4.69, 9.17) is 0 Å². The largest absolute Gasteiger partial charge is 0.297 e.